The number of hydrogen-bond donors (Lipinski definition) is 0. The first-order valence-electron chi connectivity index (χ1n) is 8.98. The van der Waals surface area contributed by atoms with Gasteiger partial charge in [-0.2, -0.15) is 0 Å². The van der Waals surface area contributed by atoms with Crippen molar-refractivity contribution >= 4 is 5.97 Å². The fraction of sp³-hybridized carbons (Fsp3) is 0.500. The van der Waals surface area contributed by atoms with Gasteiger partial charge in [0, 0.05) is 12.3 Å². The first-order chi connectivity index (χ1) is 11.4. The van der Waals surface area contributed by atoms with Gasteiger partial charge in [-0.3, -0.25) is 0 Å². The smallest absolute Gasteiger partial charge is 0.338 e. The van der Waals surface area contributed by atoms with E-state index in [1.54, 1.807) is 0 Å². The first kappa shape index (κ1) is 17.0. The molecule has 1 saturated carbocycles. The van der Waals surface area contributed by atoms with Crippen LogP contribution in [0.2, 0.25) is 0 Å². The van der Waals surface area contributed by atoms with E-state index in [0.717, 1.165) is 25.7 Å². The van der Waals surface area contributed by atoms with Crippen LogP contribution in [-0.2, 0) is 4.74 Å². The molecule has 2 heteroatoms. The molecule has 1 fully saturated rings. The van der Waals surface area contributed by atoms with Crippen molar-refractivity contribution in [1.29, 1.82) is 0 Å². The second kappa shape index (κ2) is 6.58. The lowest BCUT2D eigenvalue weighted by Gasteiger charge is -2.55. The number of esters is 1. The maximum absolute atomic E-state index is 12.6. The van der Waals surface area contributed by atoms with Gasteiger partial charge in [0.25, 0.3) is 0 Å². The third-order valence-corrected chi connectivity index (χ3v) is 5.76. The molecule has 1 aromatic rings. The van der Waals surface area contributed by atoms with Gasteiger partial charge in [0.05, 0.1) is 5.56 Å². The molecule has 1 aromatic carbocycles. The minimum Gasteiger partial charge on any atom is -0.458 e. The number of benzene rings is 1. The summed E-state index contributed by atoms with van der Waals surface area (Å²) in [6, 6.07) is 9.31. The molecule has 0 amide bonds. The van der Waals surface area contributed by atoms with E-state index >= 15 is 0 Å². The molecule has 0 heterocycles. The largest absolute Gasteiger partial charge is 0.458 e. The lowest BCUT2D eigenvalue weighted by Crippen LogP contribution is -2.52. The molecule has 2 aliphatic carbocycles. The summed E-state index contributed by atoms with van der Waals surface area (Å²) >= 11 is 0. The topological polar surface area (TPSA) is 26.3 Å². The average molecular weight is 324 g/mol. The van der Waals surface area contributed by atoms with Crippen molar-refractivity contribution in [1.82, 2.24) is 0 Å². The minimum absolute atomic E-state index is 0.0717. The van der Waals surface area contributed by atoms with Crippen molar-refractivity contribution in [3.8, 4) is 0 Å². The van der Waals surface area contributed by atoms with E-state index in [0.29, 0.717) is 17.4 Å². The number of carbonyl (C=O) groups excluding carboxylic acids is 1. The fourth-order valence-corrected chi connectivity index (χ4v) is 4.49. The molecule has 0 aromatic heterocycles. The Bertz CT molecular complexity index is 654. The zero-order valence-corrected chi connectivity index (χ0v) is 15.0. The zero-order valence-electron chi connectivity index (χ0n) is 15.0. The van der Waals surface area contributed by atoms with Crippen molar-refractivity contribution in [2.45, 2.75) is 52.6 Å². The van der Waals surface area contributed by atoms with E-state index < -0.39 is 0 Å². The molecule has 3 rings (SSSR count). The third kappa shape index (κ3) is 3.33. The number of carbonyl (C=O) groups is 1. The van der Waals surface area contributed by atoms with Gasteiger partial charge >= 0.3 is 5.97 Å². The van der Waals surface area contributed by atoms with Crippen LogP contribution in [0.25, 0.3) is 0 Å². The number of hydrogen-bond acceptors (Lipinski definition) is 2. The van der Waals surface area contributed by atoms with Gasteiger partial charge < -0.3 is 4.74 Å². The molecule has 24 heavy (non-hydrogen) atoms. The molecule has 3 atom stereocenters. The lowest BCUT2D eigenvalue weighted by atomic mass is 9.51. The Labute approximate surface area is 145 Å². The maximum Gasteiger partial charge on any atom is 0.338 e. The Morgan fingerprint density at radius 3 is 2.62 bits per heavy atom. The quantitative estimate of drug-likeness (QED) is 0.526. The van der Waals surface area contributed by atoms with Gasteiger partial charge in [-0.15, -0.1) is 0 Å². The minimum atomic E-state index is -0.209. The summed E-state index contributed by atoms with van der Waals surface area (Å²) in [5.41, 5.74) is 3.47. The second-order valence-corrected chi connectivity index (χ2v) is 8.09. The highest BCUT2D eigenvalue weighted by atomic mass is 16.5. The molecular formula is C22H28O2. The summed E-state index contributed by atoms with van der Waals surface area (Å²) in [6.45, 7) is 11.1. The number of ether oxygens (including phenoxy) is 1. The molecule has 128 valence electrons. The van der Waals surface area contributed by atoms with E-state index in [2.05, 4.69) is 33.4 Å². The Kier molecular flexibility index (Phi) is 4.67. The Hall–Kier alpha value is -1.83. The molecular weight excluding hydrogens is 296 g/mol. The van der Waals surface area contributed by atoms with Crippen LogP contribution in [0.1, 0.15) is 56.8 Å². The molecule has 0 saturated heterocycles. The predicted molar refractivity (Wildman–Crippen MR) is 97.8 cm³/mol. The van der Waals surface area contributed by atoms with Crippen molar-refractivity contribution in [3.63, 3.8) is 0 Å². The van der Waals surface area contributed by atoms with Gasteiger partial charge in [0.2, 0.25) is 0 Å². The molecule has 2 aliphatic rings. The number of allylic oxidation sites excluding steroid dienone is 2. The molecule has 0 aliphatic heterocycles. The number of fused-ring (bicyclic) bond motifs is 1. The number of rotatable bonds is 2. The Morgan fingerprint density at radius 1 is 1.25 bits per heavy atom. The zero-order chi connectivity index (χ0) is 17.3. The van der Waals surface area contributed by atoms with Crippen LogP contribution in [0.4, 0.5) is 0 Å². The van der Waals surface area contributed by atoms with E-state index in [4.69, 9.17) is 4.74 Å². The normalized spacial score (nSPS) is 29.2. The van der Waals surface area contributed by atoms with Crippen LogP contribution in [0.5, 0.6) is 0 Å². The summed E-state index contributed by atoms with van der Waals surface area (Å²) in [6.07, 6.45) is 6.29. The summed E-state index contributed by atoms with van der Waals surface area (Å²) in [7, 11) is 0. The van der Waals surface area contributed by atoms with Crippen LogP contribution >= 0.6 is 0 Å². The van der Waals surface area contributed by atoms with Crippen molar-refractivity contribution < 1.29 is 9.53 Å². The van der Waals surface area contributed by atoms with E-state index in [-0.39, 0.29) is 17.5 Å². The molecule has 0 radical (unpaired) electrons. The summed E-state index contributed by atoms with van der Waals surface area (Å²) in [5, 5.41) is 0. The standard InChI is InChI=1S/C22H28O2/c1-15-9-8-10-16(2)18-14-22(3,4)20(18)19(13-15)24-21(23)17-11-6-5-7-12-17/h5-7,9,11-12,18-20H,2,8,10,13-14H2,1,3-4H3. The highest BCUT2D eigenvalue weighted by molar-refractivity contribution is 5.89. The maximum atomic E-state index is 12.6. The van der Waals surface area contributed by atoms with Crippen LogP contribution in [-0.4, -0.2) is 12.1 Å². The Balaban J connectivity index is 1.86. The summed E-state index contributed by atoms with van der Waals surface area (Å²) < 4.78 is 6.04. The van der Waals surface area contributed by atoms with E-state index in [9.17, 15) is 4.79 Å². The van der Waals surface area contributed by atoms with Gasteiger partial charge in [-0.1, -0.05) is 55.8 Å². The van der Waals surface area contributed by atoms with E-state index in [1.165, 1.54) is 11.1 Å². The van der Waals surface area contributed by atoms with Gasteiger partial charge in [-0.05, 0) is 49.7 Å². The molecule has 0 spiro atoms. The third-order valence-electron chi connectivity index (χ3n) is 5.76. The van der Waals surface area contributed by atoms with Gasteiger partial charge in [-0.25, -0.2) is 4.79 Å². The highest BCUT2D eigenvalue weighted by Gasteiger charge is 2.53. The van der Waals surface area contributed by atoms with Crippen LogP contribution in [0.15, 0.2) is 54.1 Å². The van der Waals surface area contributed by atoms with Gasteiger partial charge in [0.15, 0.2) is 0 Å². The first-order valence-corrected chi connectivity index (χ1v) is 8.98. The second-order valence-electron chi connectivity index (χ2n) is 8.09. The lowest BCUT2D eigenvalue weighted by molar-refractivity contribution is -0.0879. The predicted octanol–water partition coefficient (Wildman–Crippen LogP) is 5.56. The summed E-state index contributed by atoms with van der Waals surface area (Å²) in [4.78, 5) is 12.6. The van der Waals surface area contributed by atoms with Crippen LogP contribution < -0.4 is 0 Å². The fourth-order valence-electron chi connectivity index (χ4n) is 4.49. The molecule has 2 nitrogen and oxygen atoms in total. The molecule has 3 unspecified atom stereocenters. The van der Waals surface area contributed by atoms with Crippen molar-refractivity contribution in [2.75, 3.05) is 0 Å². The molecule has 0 bridgehead atoms. The van der Waals surface area contributed by atoms with Crippen molar-refractivity contribution in [3.05, 3.63) is 59.7 Å². The summed E-state index contributed by atoms with van der Waals surface area (Å²) in [5.74, 6) is 0.631. The molecule has 0 N–H and O–H groups in total. The Morgan fingerprint density at radius 2 is 1.96 bits per heavy atom. The van der Waals surface area contributed by atoms with E-state index in [1.807, 2.05) is 30.3 Å². The van der Waals surface area contributed by atoms with Crippen LogP contribution in [0.3, 0.4) is 0 Å². The highest BCUT2D eigenvalue weighted by Crippen LogP contribution is 2.57. The SMILES string of the molecule is C=C1CCC=C(C)CC(OC(=O)c2ccccc2)C2C1CC2(C)C. The van der Waals surface area contributed by atoms with Crippen molar-refractivity contribution in [2.24, 2.45) is 17.3 Å². The monoisotopic (exact) mass is 324 g/mol. The van der Waals surface area contributed by atoms with Gasteiger partial charge in [0.1, 0.15) is 6.10 Å². The average Bonchev–Trinajstić information content (AvgIpc) is 2.57. The van der Waals surface area contributed by atoms with Crippen LogP contribution in [0, 0.1) is 17.3 Å².